The van der Waals surface area contributed by atoms with Crippen LogP contribution < -0.4 is 10.6 Å². The van der Waals surface area contributed by atoms with Crippen LogP contribution in [0.4, 0.5) is 11.4 Å². The van der Waals surface area contributed by atoms with Crippen molar-refractivity contribution < 1.29 is 4.74 Å². The minimum absolute atomic E-state index is 0.502. The minimum atomic E-state index is 0.502. The fourth-order valence-electron chi connectivity index (χ4n) is 1.95. The first-order valence-electron chi connectivity index (χ1n) is 5.43. The van der Waals surface area contributed by atoms with Crippen LogP contribution >= 0.6 is 0 Å². The lowest BCUT2D eigenvalue weighted by Gasteiger charge is -2.32. The number of nitrogens with two attached hydrogens (primary N) is 1. The normalized spacial score (nSPS) is 21.3. The van der Waals surface area contributed by atoms with Gasteiger partial charge in [0.05, 0.1) is 12.6 Å². The summed E-state index contributed by atoms with van der Waals surface area (Å²) in [5.41, 5.74) is 7.68. The van der Waals surface area contributed by atoms with E-state index >= 15 is 0 Å². The summed E-state index contributed by atoms with van der Waals surface area (Å²) in [5.74, 6) is 0. The molecule has 2 rings (SSSR count). The molecule has 15 heavy (non-hydrogen) atoms. The van der Waals surface area contributed by atoms with E-state index in [0.29, 0.717) is 6.04 Å². The number of hydrogen-bond acceptors (Lipinski definition) is 3. The van der Waals surface area contributed by atoms with Crippen molar-refractivity contribution >= 4 is 11.4 Å². The van der Waals surface area contributed by atoms with E-state index in [1.54, 1.807) is 0 Å². The lowest BCUT2D eigenvalue weighted by molar-refractivity contribution is 0.0807. The van der Waals surface area contributed by atoms with E-state index in [9.17, 15) is 0 Å². The average Bonchev–Trinajstić information content (AvgIpc) is 2.30. The molecule has 0 saturated carbocycles. The lowest BCUT2D eigenvalue weighted by atomic mass is 10.1. The van der Waals surface area contributed by atoms with Gasteiger partial charge in [0.15, 0.2) is 0 Å². The van der Waals surface area contributed by atoms with Gasteiger partial charge in [0.1, 0.15) is 0 Å². The van der Waals surface area contributed by atoms with E-state index in [2.05, 4.69) is 24.1 Å². The van der Waals surface area contributed by atoms with Gasteiger partial charge in [-0.2, -0.15) is 0 Å². The van der Waals surface area contributed by atoms with Crippen molar-refractivity contribution in [3.8, 4) is 0 Å². The fraction of sp³-hybridized carbons (Fsp3) is 0.500. The van der Waals surface area contributed by atoms with E-state index < -0.39 is 0 Å². The summed E-state index contributed by atoms with van der Waals surface area (Å²) in [6, 6.07) is 8.50. The van der Waals surface area contributed by atoms with Gasteiger partial charge in [0, 0.05) is 25.0 Å². The van der Waals surface area contributed by atoms with E-state index in [4.69, 9.17) is 10.5 Å². The zero-order valence-electron chi connectivity index (χ0n) is 9.15. The molecule has 1 saturated heterocycles. The molecule has 0 radical (unpaired) electrons. The number of hydrogen-bond donors (Lipinski definition) is 1. The van der Waals surface area contributed by atoms with Crippen molar-refractivity contribution in [3.63, 3.8) is 0 Å². The Hall–Kier alpha value is -1.22. The number of rotatable bonds is 2. The summed E-state index contributed by atoms with van der Waals surface area (Å²) >= 11 is 0. The zero-order chi connectivity index (χ0) is 10.7. The Balaban J connectivity index is 2.05. The second kappa shape index (κ2) is 4.53. The molecule has 0 aromatic heterocycles. The highest BCUT2D eigenvalue weighted by Crippen LogP contribution is 2.21. The van der Waals surface area contributed by atoms with Crippen LogP contribution in [0, 0.1) is 0 Å². The van der Waals surface area contributed by atoms with E-state index in [1.807, 2.05) is 12.1 Å². The molecule has 1 aliphatic heterocycles. The third kappa shape index (κ3) is 2.42. The summed E-state index contributed by atoms with van der Waals surface area (Å²) in [6.45, 7) is 1.74. The lowest BCUT2D eigenvalue weighted by Crippen LogP contribution is -2.38. The smallest absolute Gasteiger partial charge is 0.0669 e. The average molecular weight is 206 g/mol. The van der Waals surface area contributed by atoms with Crippen LogP contribution in [0.3, 0.4) is 0 Å². The molecule has 3 nitrogen and oxygen atoms in total. The molecule has 82 valence electrons. The maximum atomic E-state index is 5.66. The molecule has 1 heterocycles. The van der Waals surface area contributed by atoms with Crippen molar-refractivity contribution in [1.82, 2.24) is 0 Å². The van der Waals surface area contributed by atoms with Gasteiger partial charge in [0.25, 0.3) is 0 Å². The van der Waals surface area contributed by atoms with Gasteiger partial charge in [-0.1, -0.05) is 0 Å². The molecule has 1 aromatic rings. The first-order chi connectivity index (χ1) is 7.27. The number of ether oxygens (including phenoxy) is 1. The minimum Gasteiger partial charge on any atom is -0.399 e. The highest BCUT2D eigenvalue weighted by Gasteiger charge is 2.18. The molecule has 0 bridgehead atoms. The largest absolute Gasteiger partial charge is 0.399 e. The molecule has 0 amide bonds. The Morgan fingerprint density at radius 2 is 2.07 bits per heavy atom. The molecule has 1 aromatic carbocycles. The Kier molecular flexibility index (Phi) is 3.11. The molecule has 1 atom stereocenters. The Morgan fingerprint density at radius 1 is 1.33 bits per heavy atom. The second-order valence-corrected chi connectivity index (χ2v) is 4.07. The first-order valence-corrected chi connectivity index (χ1v) is 5.43. The molecule has 2 N–H and O–H groups in total. The van der Waals surface area contributed by atoms with Gasteiger partial charge in [-0.3, -0.25) is 0 Å². The van der Waals surface area contributed by atoms with E-state index in [0.717, 1.165) is 25.3 Å². The summed E-state index contributed by atoms with van der Waals surface area (Å²) < 4.78 is 5.48. The highest BCUT2D eigenvalue weighted by molar-refractivity contribution is 5.53. The van der Waals surface area contributed by atoms with Crippen LogP contribution in [0.5, 0.6) is 0 Å². The molecule has 1 fully saturated rings. The highest BCUT2D eigenvalue weighted by atomic mass is 16.5. The fourth-order valence-corrected chi connectivity index (χ4v) is 1.95. The topological polar surface area (TPSA) is 38.5 Å². The quantitative estimate of drug-likeness (QED) is 0.751. The number of anilines is 2. The van der Waals surface area contributed by atoms with Crippen molar-refractivity contribution in [2.75, 3.05) is 30.9 Å². The number of benzene rings is 1. The molecule has 3 heteroatoms. The molecular formula is C12H18N2O. The van der Waals surface area contributed by atoms with Crippen molar-refractivity contribution in [1.29, 1.82) is 0 Å². The van der Waals surface area contributed by atoms with Gasteiger partial charge >= 0.3 is 0 Å². The first kappa shape index (κ1) is 10.3. The van der Waals surface area contributed by atoms with Crippen LogP contribution in [0.1, 0.15) is 12.8 Å². The van der Waals surface area contributed by atoms with E-state index in [1.165, 1.54) is 12.1 Å². The summed E-state index contributed by atoms with van der Waals surface area (Å²) in [4.78, 5) is 2.28. The van der Waals surface area contributed by atoms with E-state index in [-0.39, 0.29) is 0 Å². The zero-order valence-corrected chi connectivity index (χ0v) is 9.15. The molecule has 0 aliphatic carbocycles. The van der Waals surface area contributed by atoms with Crippen LogP contribution in [0.2, 0.25) is 0 Å². The van der Waals surface area contributed by atoms with Gasteiger partial charge in [0.2, 0.25) is 0 Å². The predicted molar refractivity (Wildman–Crippen MR) is 63.1 cm³/mol. The van der Waals surface area contributed by atoms with Crippen molar-refractivity contribution in [3.05, 3.63) is 24.3 Å². The summed E-state index contributed by atoms with van der Waals surface area (Å²) in [6.07, 6.45) is 2.37. The van der Waals surface area contributed by atoms with Crippen LogP contribution in [0.15, 0.2) is 24.3 Å². The van der Waals surface area contributed by atoms with Crippen LogP contribution in [-0.2, 0) is 4.74 Å². The Morgan fingerprint density at radius 3 is 2.67 bits per heavy atom. The van der Waals surface area contributed by atoms with Crippen molar-refractivity contribution in [2.45, 2.75) is 18.9 Å². The third-order valence-corrected chi connectivity index (χ3v) is 2.98. The van der Waals surface area contributed by atoms with Gasteiger partial charge < -0.3 is 15.4 Å². The number of nitrogen functional groups attached to an aromatic ring is 1. The van der Waals surface area contributed by atoms with Crippen molar-refractivity contribution in [2.24, 2.45) is 0 Å². The number of likely N-dealkylation sites (N-methyl/N-ethyl adjacent to an activating group) is 1. The van der Waals surface area contributed by atoms with Gasteiger partial charge in [-0.05, 0) is 37.1 Å². The molecule has 1 unspecified atom stereocenters. The monoisotopic (exact) mass is 206 g/mol. The predicted octanol–water partition coefficient (Wildman–Crippen LogP) is 1.88. The molecular weight excluding hydrogens is 188 g/mol. The number of nitrogens with zero attached hydrogens (tertiary/aromatic N) is 1. The van der Waals surface area contributed by atoms with Crippen LogP contribution in [-0.4, -0.2) is 26.3 Å². The third-order valence-electron chi connectivity index (χ3n) is 2.98. The molecule has 0 spiro atoms. The maximum absolute atomic E-state index is 5.66. The van der Waals surface area contributed by atoms with Gasteiger partial charge in [-0.15, -0.1) is 0 Å². The summed E-state index contributed by atoms with van der Waals surface area (Å²) in [5, 5.41) is 0. The molecule has 1 aliphatic rings. The summed E-state index contributed by atoms with van der Waals surface area (Å²) in [7, 11) is 2.12. The Labute approximate surface area is 90.8 Å². The maximum Gasteiger partial charge on any atom is 0.0669 e. The standard InChI is InChI=1S/C12H18N2O/c1-14(12-3-2-8-15-9-12)11-6-4-10(13)5-7-11/h4-7,12H,2-3,8-9,13H2,1H3. The van der Waals surface area contributed by atoms with Gasteiger partial charge in [-0.25, -0.2) is 0 Å². The van der Waals surface area contributed by atoms with Crippen LogP contribution in [0.25, 0.3) is 0 Å². The second-order valence-electron chi connectivity index (χ2n) is 4.07. The Bertz CT molecular complexity index is 304. The SMILES string of the molecule is CN(c1ccc(N)cc1)C1CCCOC1.